The van der Waals surface area contributed by atoms with Crippen molar-refractivity contribution in [2.24, 2.45) is 5.92 Å². The molecule has 7 nitrogen and oxygen atoms in total. The first-order chi connectivity index (χ1) is 15.6. The first-order valence-corrected chi connectivity index (χ1v) is 12.7. The van der Waals surface area contributed by atoms with Gasteiger partial charge < -0.3 is 10.2 Å². The number of likely N-dealkylation sites (tertiary alicyclic amines) is 1. The predicted octanol–water partition coefficient (Wildman–Crippen LogP) is 3.29. The van der Waals surface area contributed by atoms with E-state index in [4.69, 9.17) is 11.6 Å². The van der Waals surface area contributed by atoms with Crippen molar-refractivity contribution in [1.29, 1.82) is 0 Å². The molecule has 1 aliphatic heterocycles. The van der Waals surface area contributed by atoms with E-state index in [-0.39, 0.29) is 27.1 Å². The average molecular weight is 498 g/mol. The number of aromatic nitrogens is 1. The fourth-order valence-electron chi connectivity index (χ4n) is 4.10. The summed E-state index contributed by atoms with van der Waals surface area (Å²) in [6.45, 7) is 0.311. The van der Waals surface area contributed by atoms with Crippen molar-refractivity contribution in [2.75, 3.05) is 12.8 Å². The summed E-state index contributed by atoms with van der Waals surface area (Å²) < 4.78 is 52.1. The number of benzene rings is 1. The molecule has 0 radical (unpaired) electrons. The molecule has 2 amide bonds. The molecule has 33 heavy (non-hydrogen) atoms. The van der Waals surface area contributed by atoms with Gasteiger partial charge in [0, 0.05) is 30.1 Å². The van der Waals surface area contributed by atoms with E-state index in [9.17, 15) is 26.8 Å². The molecule has 0 bridgehead atoms. The van der Waals surface area contributed by atoms with Crippen molar-refractivity contribution in [3.05, 3.63) is 58.2 Å². The molecule has 1 saturated carbocycles. The van der Waals surface area contributed by atoms with Crippen molar-refractivity contribution in [2.45, 2.75) is 42.8 Å². The quantitative estimate of drug-likeness (QED) is 0.618. The van der Waals surface area contributed by atoms with E-state index >= 15 is 0 Å². The topological polar surface area (TPSA) is 96.4 Å². The van der Waals surface area contributed by atoms with Gasteiger partial charge in [-0.1, -0.05) is 11.6 Å². The van der Waals surface area contributed by atoms with E-state index in [0.717, 1.165) is 31.2 Å². The number of halogens is 3. The minimum Gasteiger partial charge on any atom is -0.347 e. The van der Waals surface area contributed by atoms with Gasteiger partial charge >= 0.3 is 0 Å². The highest BCUT2D eigenvalue weighted by Gasteiger charge is 2.40. The Morgan fingerprint density at radius 3 is 2.58 bits per heavy atom. The summed E-state index contributed by atoms with van der Waals surface area (Å²) in [5.41, 5.74) is 0.130. The lowest BCUT2D eigenvalue weighted by Gasteiger charge is -2.27. The second-order valence-corrected chi connectivity index (χ2v) is 10.8. The van der Waals surface area contributed by atoms with Crippen LogP contribution in [-0.2, 0) is 14.6 Å². The number of nitrogens with one attached hydrogen (secondary N) is 1. The molecule has 11 heteroatoms. The molecule has 2 heterocycles. The van der Waals surface area contributed by atoms with Crippen LogP contribution in [0.1, 0.15) is 47.6 Å². The fraction of sp³-hybridized carbons (Fsp3) is 0.409. The van der Waals surface area contributed by atoms with Gasteiger partial charge in [0.25, 0.3) is 5.91 Å². The fourth-order valence-corrected chi connectivity index (χ4v) is 4.84. The minimum absolute atomic E-state index is 0.0237. The SMILES string of the molecule is CS(=O)(=O)c1cc(C(=O)N2CCC[C@@H]2C(=O)NC(c2cc(F)c(Cl)cc2F)C2CC2)ccn1. The number of hydrogen-bond acceptors (Lipinski definition) is 5. The van der Waals surface area contributed by atoms with Crippen LogP contribution in [-0.4, -0.2) is 49.0 Å². The zero-order valence-electron chi connectivity index (χ0n) is 17.7. The smallest absolute Gasteiger partial charge is 0.254 e. The van der Waals surface area contributed by atoms with Crippen LogP contribution >= 0.6 is 11.6 Å². The molecular weight excluding hydrogens is 476 g/mol. The normalized spacial score (nSPS) is 19.4. The number of rotatable bonds is 6. The Morgan fingerprint density at radius 2 is 1.91 bits per heavy atom. The van der Waals surface area contributed by atoms with Gasteiger partial charge in [-0.05, 0) is 55.9 Å². The zero-order valence-corrected chi connectivity index (χ0v) is 19.3. The molecule has 1 unspecified atom stereocenters. The molecule has 2 atom stereocenters. The molecule has 1 aliphatic carbocycles. The van der Waals surface area contributed by atoms with Gasteiger partial charge in [-0.25, -0.2) is 22.2 Å². The number of sulfone groups is 1. The van der Waals surface area contributed by atoms with Gasteiger partial charge in [0.1, 0.15) is 17.7 Å². The summed E-state index contributed by atoms with van der Waals surface area (Å²) in [5.74, 6) is -2.48. The van der Waals surface area contributed by atoms with Crippen LogP contribution in [0, 0.1) is 17.6 Å². The average Bonchev–Trinajstić information content (AvgIpc) is 3.49. The number of nitrogens with zero attached hydrogens (tertiary/aromatic N) is 2. The van der Waals surface area contributed by atoms with Crippen molar-refractivity contribution in [3.63, 3.8) is 0 Å². The van der Waals surface area contributed by atoms with E-state index in [2.05, 4.69) is 10.3 Å². The van der Waals surface area contributed by atoms with Crippen LogP contribution in [0.25, 0.3) is 0 Å². The van der Waals surface area contributed by atoms with E-state index in [1.807, 2.05) is 0 Å². The maximum atomic E-state index is 14.5. The van der Waals surface area contributed by atoms with Crippen molar-refractivity contribution < 1.29 is 26.8 Å². The standard InChI is InChI=1S/C22H22ClF2N3O4S/c1-33(31,32)19-9-13(6-7-26-19)22(30)28-8-2-3-18(28)21(29)27-20(12-4-5-12)14-10-17(25)15(23)11-16(14)24/h6-7,9-12,18,20H,2-5,8H2,1H3,(H,27,29)/t18-,20?/m1/s1. The lowest BCUT2D eigenvalue weighted by molar-refractivity contribution is -0.125. The third-order valence-electron chi connectivity index (χ3n) is 5.94. The Labute approximate surface area is 195 Å². The van der Waals surface area contributed by atoms with E-state index in [1.54, 1.807) is 0 Å². The van der Waals surface area contributed by atoms with Crippen LogP contribution in [0.5, 0.6) is 0 Å². The Kier molecular flexibility index (Phi) is 6.41. The van der Waals surface area contributed by atoms with E-state index in [0.29, 0.717) is 19.4 Å². The first kappa shape index (κ1) is 23.6. The third kappa shape index (κ3) is 5.01. The van der Waals surface area contributed by atoms with Crippen molar-refractivity contribution in [3.8, 4) is 0 Å². The van der Waals surface area contributed by atoms with E-state index in [1.165, 1.54) is 23.2 Å². The molecule has 0 spiro atoms. The maximum absolute atomic E-state index is 14.5. The summed E-state index contributed by atoms with van der Waals surface area (Å²) >= 11 is 5.66. The Balaban J connectivity index is 1.55. The Bertz CT molecular complexity index is 1220. The van der Waals surface area contributed by atoms with Crippen LogP contribution in [0.2, 0.25) is 5.02 Å². The number of pyridine rings is 1. The van der Waals surface area contributed by atoms with Gasteiger partial charge in [-0.15, -0.1) is 0 Å². The first-order valence-electron chi connectivity index (χ1n) is 10.5. The van der Waals surface area contributed by atoms with Crippen LogP contribution in [0.4, 0.5) is 8.78 Å². The van der Waals surface area contributed by atoms with Gasteiger partial charge in [-0.2, -0.15) is 0 Å². The highest BCUT2D eigenvalue weighted by atomic mass is 35.5. The predicted molar refractivity (Wildman–Crippen MR) is 116 cm³/mol. The summed E-state index contributed by atoms with van der Waals surface area (Å²) in [5, 5.41) is 2.23. The van der Waals surface area contributed by atoms with Crippen LogP contribution in [0.15, 0.2) is 35.5 Å². The van der Waals surface area contributed by atoms with Gasteiger partial charge in [0.15, 0.2) is 14.9 Å². The Morgan fingerprint density at radius 1 is 1.18 bits per heavy atom. The largest absolute Gasteiger partial charge is 0.347 e. The molecule has 2 aliphatic rings. The molecule has 1 aromatic heterocycles. The third-order valence-corrected chi connectivity index (χ3v) is 7.22. The number of carbonyl (C=O) groups excluding carboxylic acids is 2. The molecule has 1 N–H and O–H groups in total. The summed E-state index contributed by atoms with van der Waals surface area (Å²) in [6.07, 6.45) is 4.71. The van der Waals surface area contributed by atoms with Crippen molar-refractivity contribution in [1.82, 2.24) is 15.2 Å². The van der Waals surface area contributed by atoms with Gasteiger partial charge in [0.2, 0.25) is 5.91 Å². The molecule has 1 aromatic carbocycles. The summed E-state index contributed by atoms with van der Waals surface area (Å²) in [7, 11) is -3.61. The minimum atomic E-state index is -3.61. The van der Waals surface area contributed by atoms with E-state index < -0.39 is 45.4 Å². The van der Waals surface area contributed by atoms with Gasteiger partial charge in [0.05, 0.1) is 11.1 Å². The van der Waals surface area contributed by atoms with Gasteiger partial charge in [-0.3, -0.25) is 9.59 Å². The Hall–Kier alpha value is -2.59. The summed E-state index contributed by atoms with van der Waals surface area (Å²) in [4.78, 5) is 31.4. The highest BCUT2D eigenvalue weighted by Crippen LogP contribution is 2.42. The second kappa shape index (κ2) is 8.98. The zero-order chi connectivity index (χ0) is 23.9. The summed E-state index contributed by atoms with van der Waals surface area (Å²) in [6, 6.07) is 2.92. The lowest BCUT2D eigenvalue weighted by atomic mass is 10.0. The number of amides is 2. The van der Waals surface area contributed by atoms with Crippen LogP contribution < -0.4 is 5.32 Å². The number of hydrogen-bond donors (Lipinski definition) is 1. The molecule has 176 valence electrons. The monoisotopic (exact) mass is 497 g/mol. The highest BCUT2D eigenvalue weighted by molar-refractivity contribution is 7.90. The maximum Gasteiger partial charge on any atom is 0.254 e. The number of carbonyl (C=O) groups is 2. The van der Waals surface area contributed by atoms with Crippen LogP contribution in [0.3, 0.4) is 0 Å². The molecule has 1 saturated heterocycles. The lowest BCUT2D eigenvalue weighted by Crippen LogP contribution is -2.47. The molecule has 2 fully saturated rings. The molecular formula is C22H22ClF2N3O4S. The second-order valence-electron chi connectivity index (χ2n) is 8.42. The molecule has 4 rings (SSSR count). The van der Waals surface area contributed by atoms with Crippen molar-refractivity contribution >= 4 is 33.3 Å². The molecule has 2 aromatic rings.